The third-order valence-corrected chi connectivity index (χ3v) is 16.2. The summed E-state index contributed by atoms with van der Waals surface area (Å²) >= 11 is 0. The van der Waals surface area contributed by atoms with Gasteiger partial charge in [0.05, 0.1) is 108 Å². The number of carbonyl (C=O) groups is 12. The maximum Gasteiger partial charge on any atom is 0.303 e. The van der Waals surface area contributed by atoms with Gasteiger partial charge in [0.2, 0.25) is 23.6 Å². The normalized spacial score (nSPS) is 20.6. The summed E-state index contributed by atoms with van der Waals surface area (Å²) in [5, 5.41) is 73.7. The molecule has 0 bridgehead atoms. The van der Waals surface area contributed by atoms with Gasteiger partial charge < -0.3 is 88.9 Å². The second-order valence-electron chi connectivity index (χ2n) is 37.3. The van der Waals surface area contributed by atoms with E-state index in [4.69, 9.17) is 43.7 Å². The van der Waals surface area contributed by atoms with Crippen molar-refractivity contribution in [2.45, 2.75) is 291 Å². The molecular formula is C81H148N4O26. The Morgan fingerprint density at radius 3 is 0.937 bits per heavy atom. The Hall–Kier alpha value is -5.48. The number of Topliss-reactive ketones (excluding diaryl/α,β-unsaturated/α-hetero) is 7. The summed E-state index contributed by atoms with van der Waals surface area (Å²) in [5.74, 6) is -2.36. The van der Waals surface area contributed by atoms with Gasteiger partial charge in [0.15, 0.2) is 40.5 Å². The van der Waals surface area contributed by atoms with E-state index in [-0.39, 0.29) is 180 Å². The van der Waals surface area contributed by atoms with Crippen molar-refractivity contribution in [1.29, 1.82) is 0 Å². The third-order valence-electron chi connectivity index (χ3n) is 16.2. The molecular weight excluding hydrogens is 1440 g/mol. The van der Waals surface area contributed by atoms with Gasteiger partial charge in [0.25, 0.3) is 0 Å². The van der Waals surface area contributed by atoms with Crippen LogP contribution in [0.25, 0.3) is 0 Å². The number of methoxy groups -OCH3 is 2. The molecule has 4 saturated heterocycles. The number of rotatable bonds is 32. The topological polar surface area (TPSA) is 435 Å². The second-order valence-corrected chi connectivity index (χ2v) is 37.3. The number of ether oxygens (including phenoxy) is 6. The molecule has 4 heterocycles. The lowest BCUT2D eigenvalue weighted by Crippen LogP contribution is -2.45. The zero-order valence-electron chi connectivity index (χ0n) is 72.2. The molecule has 648 valence electrons. The number of ketones is 7. The number of carbonyl (C=O) groups excluding carboxylic acids is 11. The highest BCUT2D eigenvalue weighted by molar-refractivity contribution is 5.93. The summed E-state index contributed by atoms with van der Waals surface area (Å²) in [7, 11) is 3.23. The van der Waals surface area contributed by atoms with Crippen molar-refractivity contribution in [1.82, 2.24) is 19.6 Å². The van der Waals surface area contributed by atoms with E-state index in [0.717, 1.165) is 0 Å². The van der Waals surface area contributed by atoms with Crippen LogP contribution in [-0.2, 0) is 86.0 Å². The Kier molecular flexibility index (Phi) is 52.3. The lowest BCUT2D eigenvalue weighted by atomic mass is 9.86. The molecule has 0 saturated carbocycles. The molecule has 9 atom stereocenters. The van der Waals surface area contributed by atoms with Crippen LogP contribution in [0.3, 0.4) is 0 Å². The highest BCUT2D eigenvalue weighted by Gasteiger charge is 2.46. The van der Waals surface area contributed by atoms with E-state index in [1.165, 1.54) is 33.4 Å². The lowest BCUT2D eigenvalue weighted by molar-refractivity contribution is -0.142. The molecule has 111 heavy (non-hydrogen) atoms. The van der Waals surface area contributed by atoms with Crippen LogP contribution in [0.15, 0.2) is 0 Å². The van der Waals surface area contributed by atoms with Gasteiger partial charge in [-0.3, -0.25) is 57.5 Å². The number of β-amino-alcohol motifs (C(OH)–C–C–N with tert-alkyl or cyclic N) is 4. The molecule has 30 heteroatoms. The van der Waals surface area contributed by atoms with Crippen molar-refractivity contribution < 1.29 is 127 Å². The van der Waals surface area contributed by atoms with Gasteiger partial charge in [-0.2, -0.15) is 0 Å². The van der Waals surface area contributed by atoms with Crippen molar-refractivity contribution in [2.75, 3.05) is 120 Å². The molecule has 4 rings (SSSR count). The largest absolute Gasteiger partial charge is 0.481 e. The molecule has 4 fully saturated rings. The van der Waals surface area contributed by atoms with Crippen LogP contribution >= 0.6 is 0 Å². The van der Waals surface area contributed by atoms with Crippen LogP contribution in [0.1, 0.15) is 236 Å². The number of likely N-dealkylation sites (tertiary alicyclic amines) is 4. The van der Waals surface area contributed by atoms with Gasteiger partial charge in [-0.25, -0.2) is 0 Å². The van der Waals surface area contributed by atoms with E-state index in [1.807, 2.05) is 145 Å². The average molecular weight is 1590 g/mol. The van der Waals surface area contributed by atoms with Crippen LogP contribution in [-0.4, -0.2) is 305 Å². The van der Waals surface area contributed by atoms with E-state index >= 15 is 0 Å². The summed E-state index contributed by atoms with van der Waals surface area (Å²) in [4.78, 5) is 144. The highest BCUT2D eigenvalue weighted by Crippen LogP contribution is 2.31. The number of aliphatic hydroxyl groups is 7. The molecule has 0 aliphatic carbocycles. The fourth-order valence-electron chi connectivity index (χ4n) is 11.8. The van der Waals surface area contributed by atoms with Crippen LogP contribution in [0, 0.1) is 37.9 Å². The van der Waals surface area contributed by atoms with Gasteiger partial charge in [-0.1, -0.05) is 145 Å². The van der Waals surface area contributed by atoms with Crippen molar-refractivity contribution in [3.05, 3.63) is 0 Å². The van der Waals surface area contributed by atoms with E-state index in [0.29, 0.717) is 104 Å². The Labute approximate surface area is 662 Å². The molecule has 0 aromatic rings. The zero-order chi connectivity index (χ0) is 87.0. The van der Waals surface area contributed by atoms with Crippen molar-refractivity contribution in [3.8, 4) is 0 Å². The Morgan fingerprint density at radius 1 is 0.342 bits per heavy atom. The van der Waals surface area contributed by atoms with Gasteiger partial charge >= 0.3 is 5.97 Å². The lowest BCUT2D eigenvalue weighted by Gasteiger charge is -2.26. The van der Waals surface area contributed by atoms with Crippen molar-refractivity contribution in [2.24, 2.45) is 37.9 Å². The number of aliphatic carboxylic acids is 1. The Balaban J connectivity index is -0.00000125. The smallest absolute Gasteiger partial charge is 0.303 e. The van der Waals surface area contributed by atoms with Crippen LogP contribution in [0.5, 0.6) is 0 Å². The number of aliphatic hydroxyl groups excluding tert-OH is 7. The molecule has 0 radical (unpaired) electrons. The zero-order valence-corrected chi connectivity index (χ0v) is 72.2. The molecule has 0 aromatic carbocycles. The number of carboxylic acids is 1. The van der Waals surface area contributed by atoms with Gasteiger partial charge in [0, 0.05) is 118 Å². The predicted octanol–water partition coefficient (Wildman–Crippen LogP) is 6.01. The van der Waals surface area contributed by atoms with E-state index in [2.05, 4.69) is 0 Å². The van der Waals surface area contributed by atoms with Gasteiger partial charge in [-0.15, -0.1) is 0 Å². The number of amides is 4. The molecule has 4 amide bonds. The van der Waals surface area contributed by atoms with Crippen LogP contribution < -0.4 is 0 Å². The highest BCUT2D eigenvalue weighted by atomic mass is 16.5. The monoisotopic (exact) mass is 1590 g/mol. The maximum absolute atomic E-state index is 12.4. The summed E-state index contributed by atoms with van der Waals surface area (Å²) in [5.41, 5.74) is -0.537. The first-order valence-electron chi connectivity index (χ1n) is 38.5. The fraction of sp³-hybridized carbons (Fsp3) is 0.852. The molecule has 0 unspecified atom stereocenters. The van der Waals surface area contributed by atoms with Gasteiger partial charge in [-0.05, 0) is 37.9 Å². The number of hydrogen-bond acceptors (Lipinski definition) is 25. The molecule has 4 aliphatic heterocycles. The van der Waals surface area contributed by atoms with E-state index in [1.54, 1.807) is 14.2 Å². The average Bonchev–Trinajstić information content (AvgIpc) is 1.67. The summed E-state index contributed by atoms with van der Waals surface area (Å²) in [6.07, 6.45) is -0.702. The third kappa shape index (κ3) is 55.6. The second kappa shape index (κ2) is 52.9. The molecule has 8 N–H and O–H groups in total. The molecule has 0 spiro atoms. The minimum Gasteiger partial charge on any atom is -0.481 e. The molecule has 0 aromatic heterocycles. The summed E-state index contributed by atoms with van der Waals surface area (Å²) < 4.78 is 30.6. The number of nitrogens with zero attached hydrogens (tertiary/aromatic N) is 4. The summed E-state index contributed by atoms with van der Waals surface area (Å²) in [6.45, 7) is 48.1. The number of carboxylic acid groups (broad SMARTS) is 1. The predicted molar refractivity (Wildman–Crippen MR) is 419 cm³/mol. The molecule has 30 nitrogen and oxygen atoms in total. The first kappa shape index (κ1) is 110. The Bertz CT molecular complexity index is 2790. The van der Waals surface area contributed by atoms with Gasteiger partial charge in [0.1, 0.15) is 38.6 Å². The Morgan fingerprint density at radius 2 is 0.631 bits per heavy atom. The standard InChI is InChI=1S/C17H31NO6.C14H23NO5.C12H21NO4.C12H21NO3.C12H24O4.2C7H14O2/c1-17(2,3)10-15(20)14-9-13(19)11-18(14)16(21)12-24-8-7-23-6-5-22-4;1-14(2,3)7-11(17)10-6-9(16)8-15(10)12(18)4-5-13(19)20;1-7(14)13-6-9(16)11(17)10(13)8(15)5-12(2,3)4;1-8(14)13-7-9(15)5-10(13)11(16)6-12(2,3)4;1-12(2,3)9-11(13)10-16-8-7-15-6-5-14-4;2*1-7(2,3)4-6(9)5-8/h13-14,19H,5-12H2,1-4H3;9-10,16H,4-8H2,1-3H3,(H,19,20);9-11,16-17H,5-6H2,1-4H3;9-10,15H,5-7H2,1-4H3;5-10H2,1-4H3;2*8H,4-5H2,1-3H3/t13-,14+;9-,10+;9-,10+,11-;9-,10+;;;/m1101.../s1. The van der Waals surface area contributed by atoms with Crippen LogP contribution in [0.2, 0.25) is 0 Å². The van der Waals surface area contributed by atoms with E-state index < -0.39 is 60.7 Å². The molecule has 4 aliphatic rings. The fourth-order valence-corrected chi connectivity index (χ4v) is 11.8. The SMILES string of the molecule is CC(=O)N1C[C@H](O)C[C@H]1C(=O)CC(C)(C)C.CC(=O)N1C[C@H](O)[C@H](O)[C@H]1C(=O)CC(C)(C)C.CC(C)(C)CC(=O)CO.CC(C)(C)CC(=O)CO.CC(C)(C)CC(=O)[C@@H]1C[C@@H](O)CN1C(=O)CCC(=O)O.COCCOCCOCC(=O)CC(C)(C)C.COCCOCCOCC(=O)N1C[C@H](O)C[C@H]1C(=O)CC(C)(C)C. The number of hydrogen-bond donors (Lipinski definition) is 8. The van der Waals surface area contributed by atoms with Crippen molar-refractivity contribution in [3.63, 3.8) is 0 Å². The summed E-state index contributed by atoms with van der Waals surface area (Å²) in [6, 6.07) is -2.49. The van der Waals surface area contributed by atoms with Crippen LogP contribution in [0.4, 0.5) is 0 Å². The maximum atomic E-state index is 12.4. The van der Waals surface area contributed by atoms with E-state index in [9.17, 15) is 83.1 Å². The first-order chi connectivity index (χ1) is 50.5. The van der Waals surface area contributed by atoms with Crippen molar-refractivity contribution >= 4 is 70.1 Å². The minimum atomic E-state index is -1.17. The quantitative estimate of drug-likeness (QED) is 0.0357. The first-order valence-corrected chi connectivity index (χ1v) is 38.5. The minimum absolute atomic E-state index is 0.00435.